The van der Waals surface area contributed by atoms with E-state index >= 15 is 0 Å². The molecule has 4 nitrogen and oxygen atoms in total. The lowest BCUT2D eigenvalue weighted by atomic mass is 10.0. The first-order valence-corrected chi connectivity index (χ1v) is 5.75. The molecule has 2 aromatic rings. The maximum atomic E-state index is 10.9. The van der Waals surface area contributed by atoms with Gasteiger partial charge in [0.2, 0.25) is 5.91 Å². The van der Waals surface area contributed by atoms with Gasteiger partial charge in [-0.25, -0.2) is 0 Å². The van der Waals surface area contributed by atoms with Crippen molar-refractivity contribution in [2.75, 3.05) is 6.54 Å². The summed E-state index contributed by atoms with van der Waals surface area (Å²) < 4.78 is 0. The van der Waals surface area contributed by atoms with Crippen LogP contribution in [0.5, 0.6) is 0 Å². The van der Waals surface area contributed by atoms with Crippen LogP contribution in [-0.4, -0.2) is 17.4 Å². The normalized spacial score (nSPS) is 12.0. The molecule has 4 heteroatoms. The van der Waals surface area contributed by atoms with Crippen LogP contribution in [0.2, 0.25) is 0 Å². The quantitative estimate of drug-likeness (QED) is 0.827. The molecule has 92 valence electrons. The minimum absolute atomic E-state index is 0.121. The van der Waals surface area contributed by atoms with Gasteiger partial charge in [-0.05, 0) is 17.7 Å². The zero-order valence-corrected chi connectivity index (χ0v) is 9.91. The molecule has 1 unspecified atom stereocenters. The predicted molar refractivity (Wildman–Crippen MR) is 69.7 cm³/mol. The number of hydrogen-bond donors (Lipinski definition) is 2. The van der Waals surface area contributed by atoms with Crippen LogP contribution in [0.3, 0.4) is 0 Å². The summed E-state index contributed by atoms with van der Waals surface area (Å²) in [6, 6.07) is 15.4. The van der Waals surface area contributed by atoms with E-state index in [1.54, 1.807) is 6.20 Å². The van der Waals surface area contributed by atoms with Crippen molar-refractivity contribution in [1.29, 1.82) is 0 Å². The summed E-state index contributed by atoms with van der Waals surface area (Å²) >= 11 is 0. The van der Waals surface area contributed by atoms with Gasteiger partial charge in [-0.1, -0.05) is 36.4 Å². The summed E-state index contributed by atoms with van der Waals surface area (Å²) in [5, 5.41) is 3.11. The fraction of sp³-hybridized carbons (Fsp3) is 0.143. The van der Waals surface area contributed by atoms with Crippen molar-refractivity contribution in [3.63, 3.8) is 0 Å². The number of primary amides is 1. The van der Waals surface area contributed by atoms with Crippen LogP contribution >= 0.6 is 0 Å². The van der Waals surface area contributed by atoms with Gasteiger partial charge in [-0.3, -0.25) is 15.1 Å². The molecule has 1 atom stereocenters. The number of carbonyl (C=O) groups excluding carboxylic acids is 1. The fourth-order valence-electron chi connectivity index (χ4n) is 1.79. The first kappa shape index (κ1) is 12.3. The number of nitrogens with one attached hydrogen (secondary N) is 1. The largest absolute Gasteiger partial charge is 0.369 e. The Labute approximate surface area is 106 Å². The smallest absolute Gasteiger partial charge is 0.231 e. The van der Waals surface area contributed by atoms with Gasteiger partial charge in [-0.2, -0.15) is 0 Å². The number of benzene rings is 1. The van der Waals surface area contributed by atoms with Gasteiger partial charge >= 0.3 is 0 Å². The van der Waals surface area contributed by atoms with Crippen LogP contribution < -0.4 is 11.1 Å². The maximum absolute atomic E-state index is 10.9. The highest BCUT2D eigenvalue weighted by atomic mass is 16.1. The van der Waals surface area contributed by atoms with Crippen LogP contribution in [0, 0.1) is 0 Å². The van der Waals surface area contributed by atoms with E-state index in [4.69, 9.17) is 5.73 Å². The Hall–Kier alpha value is -2.20. The highest BCUT2D eigenvalue weighted by Gasteiger charge is 2.14. The minimum atomic E-state index is -0.383. The molecule has 0 bridgehead atoms. The topological polar surface area (TPSA) is 68.0 Å². The van der Waals surface area contributed by atoms with E-state index in [0.29, 0.717) is 0 Å². The van der Waals surface area contributed by atoms with Crippen molar-refractivity contribution >= 4 is 5.91 Å². The molecule has 0 radical (unpaired) electrons. The number of carbonyl (C=O) groups is 1. The Balaban J connectivity index is 2.26. The number of nitrogens with zero attached hydrogens (tertiary/aromatic N) is 1. The third-order valence-corrected chi connectivity index (χ3v) is 2.60. The Bertz CT molecular complexity index is 459. The van der Waals surface area contributed by atoms with Crippen molar-refractivity contribution in [2.24, 2.45) is 5.73 Å². The maximum Gasteiger partial charge on any atom is 0.231 e. The molecule has 0 spiro atoms. The lowest BCUT2D eigenvalue weighted by Crippen LogP contribution is -2.32. The van der Waals surface area contributed by atoms with Gasteiger partial charge in [0.05, 0.1) is 18.3 Å². The number of aromatic nitrogens is 1. The second-order valence-corrected chi connectivity index (χ2v) is 3.95. The van der Waals surface area contributed by atoms with Gasteiger partial charge in [0, 0.05) is 6.20 Å². The average Bonchev–Trinajstić information content (AvgIpc) is 2.41. The van der Waals surface area contributed by atoms with E-state index in [2.05, 4.69) is 10.3 Å². The summed E-state index contributed by atoms with van der Waals surface area (Å²) in [6.07, 6.45) is 1.73. The van der Waals surface area contributed by atoms with Gasteiger partial charge in [0.25, 0.3) is 0 Å². The molecule has 18 heavy (non-hydrogen) atoms. The van der Waals surface area contributed by atoms with Crippen LogP contribution in [0.4, 0.5) is 0 Å². The number of amides is 1. The first-order valence-electron chi connectivity index (χ1n) is 5.75. The highest BCUT2D eigenvalue weighted by molar-refractivity contribution is 5.76. The predicted octanol–water partition coefficient (Wildman–Crippen LogP) is 1.25. The van der Waals surface area contributed by atoms with Crippen molar-refractivity contribution in [3.05, 3.63) is 66.0 Å². The van der Waals surface area contributed by atoms with Gasteiger partial charge in [0.1, 0.15) is 0 Å². The third kappa shape index (κ3) is 3.15. The second kappa shape index (κ2) is 5.93. The molecule has 1 aromatic carbocycles. The van der Waals surface area contributed by atoms with Crippen molar-refractivity contribution in [2.45, 2.75) is 6.04 Å². The summed E-state index contributed by atoms with van der Waals surface area (Å²) in [7, 11) is 0. The summed E-state index contributed by atoms with van der Waals surface area (Å²) in [4.78, 5) is 15.2. The van der Waals surface area contributed by atoms with Crippen molar-refractivity contribution < 1.29 is 4.79 Å². The Kier molecular flexibility index (Phi) is 4.04. The van der Waals surface area contributed by atoms with E-state index in [1.165, 1.54) is 0 Å². The summed E-state index contributed by atoms with van der Waals surface area (Å²) in [5.41, 5.74) is 7.09. The fourth-order valence-corrected chi connectivity index (χ4v) is 1.79. The molecule has 3 N–H and O–H groups in total. The molecule has 0 fully saturated rings. The molecule has 1 heterocycles. The number of rotatable bonds is 5. The lowest BCUT2D eigenvalue weighted by Gasteiger charge is -2.17. The molecule has 0 aliphatic heterocycles. The third-order valence-electron chi connectivity index (χ3n) is 2.60. The van der Waals surface area contributed by atoms with Crippen LogP contribution in [0.15, 0.2) is 54.7 Å². The second-order valence-electron chi connectivity index (χ2n) is 3.95. The number of nitrogens with two attached hydrogens (primary N) is 1. The number of hydrogen-bond acceptors (Lipinski definition) is 3. The van der Waals surface area contributed by atoms with Crippen LogP contribution in [0.25, 0.3) is 0 Å². The summed E-state index contributed by atoms with van der Waals surface area (Å²) in [6.45, 7) is 0.121. The zero-order valence-electron chi connectivity index (χ0n) is 9.91. The summed E-state index contributed by atoms with van der Waals surface area (Å²) in [5.74, 6) is -0.383. The molecule has 2 rings (SSSR count). The Morgan fingerprint density at radius 3 is 2.50 bits per heavy atom. The van der Waals surface area contributed by atoms with Gasteiger partial charge < -0.3 is 5.73 Å². The lowest BCUT2D eigenvalue weighted by molar-refractivity contribution is -0.117. The van der Waals surface area contributed by atoms with E-state index in [-0.39, 0.29) is 18.5 Å². The van der Waals surface area contributed by atoms with E-state index in [9.17, 15) is 4.79 Å². The van der Waals surface area contributed by atoms with Crippen molar-refractivity contribution in [1.82, 2.24) is 10.3 Å². The van der Waals surface area contributed by atoms with Crippen LogP contribution in [-0.2, 0) is 4.79 Å². The minimum Gasteiger partial charge on any atom is -0.369 e. The zero-order chi connectivity index (χ0) is 12.8. The highest BCUT2D eigenvalue weighted by Crippen LogP contribution is 2.19. The SMILES string of the molecule is NC(=O)CNC(c1ccccc1)c1ccccn1. The molecular weight excluding hydrogens is 226 g/mol. The van der Waals surface area contributed by atoms with Gasteiger partial charge in [-0.15, -0.1) is 0 Å². The Morgan fingerprint density at radius 1 is 1.17 bits per heavy atom. The molecule has 0 aliphatic rings. The van der Waals surface area contributed by atoms with E-state index in [0.717, 1.165) is 11.3 Å². The Morgan fingerprint density at radius 2 is 1.89 bits per heavy atom. The molecular formula is C14H15N3O. The van der Waals surface area contributed by atoms with Gasteiger partial charge in [0.15, 0.2) is 0 Å². The number of pyridine rings is 1. The van der Waals surface area contributed by atoms with Crippen molar-refractivity contribution in [3.8, 4) is 0 Å². The monoisotopic (exact) mass is 241 g/mol. The average molecular weight is 241 g/mol. The molecule has 0 aliphatic carbocycles. The van der Waals surface area contributed by atoms with E-state index in [1.807, 2.05) is 48.5 Å². The molecule has 0 saturated heterocycles. The molecule has 1 amide bonds. The first-order chi connectivity index (χ1) is 8.77. The standard InChI is InChI=1S/C14H15N3O/c15-13(18)10-17-14(11-6-2-1-3-7-11)12-8-4-5-9-16-12/h1-9,14,17H,10H2,(H2,15,18). The van der Waals surface area contributed by atoms with Crippen LogP contribution in [0.1, 0.15) is 17.3 Å². The molecule has 1 aromatic heterocycles. The molecule has 0 saturated carbocycles. The van der Waals surface area contributed by atoms with E-state index < -0.39 is 0 Å².